The highest BCUT2D eigenvalue weighted by molar-refractivity contribution is 6.21. The Bertz CT molecular complexity index is 1500. The number of nitrogens with zero attached hydrogens (tertiary/aromatic N) is 3. The van der Waals surface area contributed by atoms with Crippen LogP contribution in [0.25, 0.3) is 55.4 Å². The van der Waals surface area contributed by atoms with Crippen LogP contribution >= 0.6 is 0 Å². The molecule has 0 spiro atoms. The molecule has 148 valence electrons. The van der Waals surface area contributed by atoms with E-state index in [0.717, 1.165) is 44.2 Å². The Morgan fingerprint density at radius 1 is 0.613 bits per heavy atom. The molecule has 0 saturated carbocycles. The number of H-pyrrole nitrogens is 1. The SMILES string of the molecule is Cc1cc(C)cc(-c2ccc(-c3nc4c5cccnc5c5ncccc5c4[nH]3)cc2)c1. The second kappa shape index (κ2) is 6.74. The Hall–Kier alpha value is -4.05. The van der Waals surface area contributed by atoms with E-state index < -0.39 is 0 Å². The fraction of sp³-hybridized carbons (Fsp3) is 0.0741. The molecule has 0 aliphatic rings. The molecule has 0 aliphatic carbocycles. The van der Waals surface area contributed by atoms with Crippen molar-refractivity contribution in [2.75, 3.05) is 0 Å². The number of aryl methyl sites for hydroxylation is 2. The van der Waals surface area contributed by atoms with E-state index in [9.17, 15) is 0 Å². The van der Waals surface area contributed by atoms with Crippen LogP contribution in [0, 0.1) is 13.8 Å². The molecule has 4 nitrogen and oxygen atoms in total. The molecular formula is C27H20N4. The van der Waals surface area contributed by atoms with Gasteiger partial charge in [0.15, 0.2) is 0 Å². The second-order valence-corrected chi connectivity index (χ2v) is 8.06. The van der Waals surface area contributed by atoms with E-state index in [2.05, 4.69) is 83.4 Å². The molecular weight excluding hydrogens is 380 g/mol. The van der Waals surface area contributed by atoms with Gasteiger partial charge in [-0.1, -0.05) is 53.6 Å². The quantitative estimate of drug-likeness (QED) is 0.333. The van der Waals surface area contributed by atoms with Crippen LogP contribution in [-0.4, -0.2) is 19.9 Å². The number of nitrogens with one attached hydrogen (secondary N) is 1. The summed E-state index contributed by atoms with van der Waals surface area (Å²) in [5.74, 6) is 0.850. The maximum atomic E-state index is 4.97. The summed E-state index contributed by atoms with van der Waals surface area (Å²) in [6.07, 6.45) is 3.62. The summed E-state index contributed by atoms with van der Waals surface area (Å²) in [4.78, 5) is 17.7. The highest BCUT2D eigenvalue weighted by Gasteiger charge is 2.15. The number of aromatic amines is 1. The minimum absolute atomic E-state index is 0.850. The third-order valence-electron chi connectivity index (χ3n) is 5.78. The molecule has 0 amide bonds. The fourth-order valence-electron chi connectivity index (χ4n) is 4.44. The van der Waals surface area contributed by atoms with Crippen LogP contribution in [0.1, 0.15) is 11.1 Å². The molecule has 0 saturated heterocycles. The molecule has 0 aliphatic heterocycles. The Kier molecular flexibility index (Phi) is 3.87. The van der Waals surface area contributed by atoms with Gasteiger partial charge in [0.1, 0.15) is 5.82 Å². The van der Waals surface area contributed by atoms with Gasteiger partial charge in [0.05, 0.1) is 22.1 Å². The standard InChI is InChI=1S/C27H20N4/c1-16-13-17(2)15-20(14-16)18-7-9-19(10-8-18)27-30-25-21-5-3-11-28-23(21)24-22(26(25)31-27)6-4-12-29-24/h3-15H,1-2H3,(H,30,31). The minimum Gasteiger partial charge on any atom is -0.337 e. The average molecular weight is 400 g/mol. The topological polar surface area (TPSA) is 54.5 Å². The zero-order valence-electron chi connectivity index (χ0n) is 17.3. The monoisotopic (exact) mass is 400 g/mol. The van der Waals surface area contributed by atoms with E-state index in [1.807, 2.05) is 24.5 Å². The van der Waals surface area contributed by atoms with Gasteiger partial charge in [-0.3, -0.25) is 9.97 Å². The van der Waals surface area contributed by atoms with Gasteiger partial charge in [0.2, 0.25) is 0 Å². The highest BCUT2D eigenvalue weighted by Crippen LogP contribution is 2.33. The fourth-order valence-corrected chi connectivity index (χ4v) is 4.44. The normalized spacial score (nSPS) is 11.5. The molecule has 0 atom stereocenters. The number of benzene rings is 3. The number of imidazole rings is 1. The molecule has 0 radical (unpaired) electrons. The second-order valence-electron chi connectivity index (χ2n) is 8.06. The number of fused-ring (bicyclic) bond motifs is 6. The zero-order chi connectivity index (χ0) is 20.9. The lowest BCUT2D eigenvalue weighted by molar-refractivity contribution is 1.34. The summed E-state index contributed by atoms with van der Waals surface area (Å²) >= 11 is 0. The van der Waals surface area contributed by atoms with Gasteiger partial charge < -0.3 is 4.98 Å². The van der Waals surface area contributed by atoms with Crippen LogP contribution in [0.5, 0.6) is 0 Å². The van der Waals surface area contributed by atoms with Crippen molar-refractivity contribution in [3.05, 3.63) is 90.3 Å². The van der Waals surface area contributed by atoms with Crippen molar-refractivity contribution in [2.24, 2.45) is 0 Å². The van der Waals surface area contributed by atoms with Gasteiger partial charge >= 0.3 is 0 Å². The van der Waals surface area contributed by atoms with Crippen molar-refractivity contribution in [3.63, 3.8) is 0 Å². The van der Waals surface area contributed by atoms with Crippen molar-refractivity contribution in [1.82, 2.24) is 19.9 Å². The molecule has 1 N–H and O–H groups in total. The van der Waals surface area contributed by atoms with Gasteiger partial charge in [-0.15, -0.1) is 0 Å². The molecule has 6 rings (SSSR count). The molecule has 0 fully saturated rings. The molecule has 4 heteroatoms. The van der Waals surface area contributed by atoms with Crippen LogP contribution in [0.4, 0.5) is 0 Å². The summed E-state index contributed by atoms with van der Waals surface area (Å²) in [5.41, 5.74) is 9.75. The Morgan fingerprint density at radius 2 is 1.23 bits per heavy atom. The molecule has 3 heterocycles. The first-order chi connectivity index (χ1) is 15.2. The largest absolute Gasteiger partial charge is 0.337 e. The van der Waals surface area contributed by atoms with Crippen molar-refractivity contribution < 1.29 is 0 Å². The Labute approximate surface area is 179 Å². The summed E-state index contributed by atoms with van der Waals surface area (Å²) in [7, 11) is 0. The summed E-state index contributed by atoms with van der Waals surface area (Å²) in [6.45, 7) is 4.27. The first kappa shape index (κ1) is 17.8. The molecule has 0 bridgehead atoms. The van der Waals surface area contributed by atoms with Crippen molar-refractivity contribution in [1.29, 1.82) is 0 Å². The van der Waals surface area contributed by atoms with Crippen LogP contribution in [0.15, 0.2) is 79.1 Å². The Balaban J connectivity index is 1.52. The van der Waals surface area contributed by atoms with Crippen molar-refractivity contribution in [3.8, 4) is 22.5 Å². The maximum Gasteiger partial charge on any atom is 0.138 e. The predicted octanol–water partition coefficient (Wildman–Crippen LogP) is 6.61. The molecule has 6 aromatic rings. The van der Waals surface area contributed by atoms with Gasteiger partial charge in [0.25, 0.3) is 0 Å². The van der Waals surface area contributed by atoms with E-state index in [-0.39, 0.29) is 0 Å². The lowest BCUT2D eigenvalue weighted by Crippen LogP contribution is -1.86. The van der Waals surface area contributed by atoms with Crippen LogP contribution in [0.2, 0.25) is 0 Å². The number of pyridine rings is 2. The Morgan fingerprint density at radius 3 is 1.94 bits per heavy atom. The number of hydrogen-bond donors (Lipinski definition) is 1. The van der Waals surface area contributed by atoms with Crippen molar-refractivity contribution >= 4 is 32.8 Å². The summed E-state index contributed by atoms with van der Waals surface area (Å²) in [5, 5.41) is 2.05. The minimum atomic E-state index is 0.850. The van der Waals surface area contributed by atoms with E-state index in [1.165, 1.54) is 22.3 Å². The van der Waals surface area contributed by atoms with Gasteiger partial charge in [-0.05, 0) is 49.2 Å². The zero-order valence-corrected chi connectivity index (χ0v) is 17.3. The van der Waals surface area contributed by atoms with Crippen LogP contribution < -0.4 is 0 Å². The first-order valence-electron chi connectivity index (χ1n) is 10.4. The molecule has 31 heavy (non-hydrogen) atoms. The van der Waals surface area contributed by atoms with Crippen molar-refractivity contribution in [2.45, 2.75) is 13.8 Å². The molecule has 3 aromatic heterocycles. The number of aromatic nitrogens is 4. The lowest BCUT2D eigenvalue weighted by Gasteiger charge is -2.06. The first-order valence-corrected chi connectivity index (χ1v) is 10.4. The van der Waals surface area contributed by atoms with E-state index in [4.69, 9.17) is 4.98 Å². The van der Waals surface area contributed by atoms with Crippen LogP contribution in [-0.2, 0) is 0 Å². The summed E-state index contributed by atoms with van der Waals surface area (Å²) in [6, 6.07) is 23.3. The summed E-state index contributed by atoms with van der Waals surface area (Å²) < 4.78 is 0. The van der Waals surface area contributed by atoms with E-state index >= 15 is 0 Å². The third kappa shape index (κ3) is 2.88. The smallest absolute Gasteiger partial charge is 0.138 e. The van der Waals surface area contributed by atoms with E-state index in [1.54, 1.807) is 0 Å². The van der Waals surface area contributed by atoms with Crippen LogP contribution in [0.3, 0.4) is 0 Å². The predicted molar refractivity (Wildman–Crippen MR) is 127 cm³/mol. The lowest BCUT2D eigenvalue weighted by atomic mass is 10.00. The maximum absolute atomic E-state index is 4.97. The van der Waals surface area contributed by atoms with Gasteiger partial charge in [-0.2, -0.15) is 0 Å². The number of hydrogen-bond acceptors (Lipinski definition) is 3. The van der Waals surface area contributed by atoms with E-state index in [0.29, 0.717) is 0 Å². The van der Waals surface area contributed by atoms with Gasteiger partial charge in [-0.25, -0.2) is 4.98 Å². The number of rotatable bonds is 2. The molecule has 3 aromatic carbocycles. The highest BCUT2D eigenvalue weighted by atomic mass is 14.9. The molecule has 0 unspecified atom stereocenters. The average Bonchev–Trinajstić information content (AvgIpc) is 3.25. The van der Waals surface area contributed by atoms with Gasteiger partial charge in [0, 0.05) is 28.7 Å². The third-order valence-corrected chi connectivity index (χ3v) is 5.78.